The summed E-state index contributed by atoms with van der Waals surface area (Å²) < 4.78 is 0. The van der Waals surface area contributed by atoms with Gasteiger partial charge in [-0.15, -0.1) is 0 Å². The van der Waals surface area contributed by atoms with Crippen molar-refractivity contribution in [2.75, 3.05) is 0 Å². The van der Waals surface area contributed by atoms with E-state index in [2.05, 4.69) is 55.2 Å². The summed E-state index contributed by atoms with van der Waals surface area (Å²) in [5.41, 5.74) is 5.32. The second-order valence-electron chi connectivity index (χ2n) is 6.56. The smallest absolute Gasteiger partial charge is 0.0880 e. The number of benzene rings is 1. The van der Waals surface area contributed by atoms with Gasteiger partial charge in [0.05, 0.1) is 5.71 Å². The van der Waals surface area contributed by atoms with Gasteiger partial charge in [-0.2, -0.15) is 0 Å². The Morgan fingerprint density at radius 2 is 1.77 bits per heavy atom. The molecule has 22 heavy (non-hydrogen) atoms. The first-order valence-corrected chi connectivity index (χ1v) is 7.69. The van der Waals surface area contributed by atoms with Crippen molar-refractivity contribution in [2.45, 2.75) is 46.0 Å². The number of pyridine rings is 1. The van der Waals surface area contributed by atoms with Crippen molar-refractivity contribution in [1.29, 1.82) is 0 Å². The van der Waals surface area contributed by atoms with Gasteiger partial charge in [0.1, 0.15) is 0 Å². The van der Waals surface area contributed by atoms with Crippen LogP contribution in [-0.2, 0) is 11.8 Å². The summed E-state index contributed by atoms with van der Waals surface area (Å²) >= 11 is 0. The lowest BCUT2D eigenvalue weighted by Gasteiger charge is -2.19. The van der Waals surface area contributed by atoms with Crippen LogP contribution < -0.4 is 0 Å². The summed E-state index contributed by atoms with van der Waals surface area (Å²) in [6.45, 7) is 8.61. The van der Waals surface area contributed by atoms with Gasteiger partial charge in [-0.1, -0.05) is 57.1 Å². The first-order valence-electron chi connectivity index (χ1n) is 7.69. The second-order valence-corrected chi connectivity index (χ2v) is 6.56. The standard InChI is InChI=1S/C19H24N2O/c1-5-18(21-22)15-8-11-17(20-13-15)12-14-6-9-16(10-7-14)19(2,3)4/h6-11,13,22H,5,12H2,1-4H3/b21-18-. The molecule has 1 N–H and O–H groups in total. The summed E-state index contributed by atoms with van der Waals surface area (Å²) in [6, 6.07) is 12.7. The predicted octanol–water partition coefficient (Wildman–Crippen LogP) is 4.56. The van der Waals surface area contributed by atoms with Crippen molar-refractivity contribution in [3.05, 3.63) is 65.0 Å². The molecule has 0 bridgehead atoms. The highest BCUT2D eigenvalue weighted by Gasteiger charge is 2.12. The molecule has 0 atom stereocenters. The number of rotatable bonds is 4. The van der Waals surface area contributed by atoms with Crippen LogP contribution in [0.15, 0.2) is 47.8 Å². The van der Waals surface area contributed by atoms with E-state index < -0.39 is 0 Å². The maximum absolute atomic E-state index is 8.94. The molecule has 0 spiro atoms. The molecule has 0 aliphatic carbocycles. The zero-order chi connectivity index (χ0) is 16.2. The van der Waals surface area contributed by atoms with Crippen LogP contribution in [0.4, 0.5) is 0 Å². The monoisotopic (exact) mass is 296 g/mol. The van der Waals surface area contributed by atoms with E-state index >= 15 is 0 Å². The summed E-state index contributed by atoms with van der Waals surface area (Å²) in [7, 11) is 0. The lowest BCUT2D eigenvalue weighted by Crippen LogP contribution is -2.10. The first-order chi connectivity index (χ1) is 10.4. The third kappa shape index (κ3) is 3.94. The Kier molecular flexibility index (Phi) is 4.96. The van der Waals surface area contributed by atoms with Crippen molar-refractivity contribution in [3.63, 3.8) is 0 Å². The fourth-order valence-electron chi connectivity index (χ4n) is 2.36. The van der Waals surface area contributed by atoms with Crippen molar-refractivity contribution in [1.82, 2.24) is 4.98 Å². The number of aromatic nitrogens is 1. The van der Waals surface area contributed by atoms with E-state index in [4.69, 9.17) is 5.21 Å². The minimum absolute atomic E-state index is 0.179. The van der Waals surface area contributed by atoms with Gasteiger partial charge in [-0.05, 0) is 35.1 Å². The quantitative estimate of drug-likeness (QED) is 0.511. The number of hydrogen-bond acceptors (Lipinski definition) is 3. The number of oxime groups is 1. The fraction of sp³-hybridized carbons (Fsp3) is 0.368. The Bertz CT molecular complexity index is 635. The summed E-state index contributed by atoms with van der Waals surface area (Å²) in [4.78, 5) is 4.47. The van der Waals surface area contributed by atoms with E-state index in [1.807, 2.05) is 19.1 Å². The van der Waals surface area contributed by atoms with Crippen molar-refractivity contribution in [2.24, 2.45) is 5.16 Å². The maximum atomic E-state index is 8.94. The Morgan fingerprint density at radius 1 is 1.09 bits per heavy atom. The molecule has 3 nitrogen and oxygen atoms in total. The molecule has 1 heterocycles. The van der Waals surface area contributed by atoms with Gasteiger partial charge in [-0.3, -0.25) is 4.98 Å². The van der Waals surface area contributed by atoms with Crippen molar-refractivity contribution in [3.8, 4) is 0 Å². The molecule has 0 aliphatic heterocycles. The van der Waals surface area contributed by atoms with Crippen LogP contribution in [0, 0.1) is 0 Å². The largest absolute Gasteiger partial charge is 0.411 e. The van der Waals surface area contributed by atoms with Crippen LogP contribution in [-0.4, -0.2) is 15.9 Å². The minimum Gasteiger partial charge on any atom is -0.411 e. The summed E-state index contributed by atoms with van der Waals surface area (Å²) in [5, 5.41) is 12.2. The van der Waals surface area contributed by atoms with Crippen LogP contribution in [0.1, 0.15) is 56.5 Å². The molecule has 2 rings (SSSR count). The summed E-state index contributed by atoms with van der Waals surface area (Å²) in [5.74, 6) is 0. The zero-order valence-electron chi connectivity index (χ0n) is 13.8. The maximum Gasteiger partial charge on any atom is 0.0880 e. The van der Waals surface area contributed by atoms with Gasteiger partial charge < -0.3 is 5.21 Å². The fourth-order valence-corrected chi connectivity index (χ4v) is 2.36. The molecule has 2 aromatic rings. The van der Waals surface area contributed by atoms with Crippen LogP contribution in [0.3, 0.4) is 0 Å². The molecule has 0 amide bonds. The number of nitrogens with zero attached hydrogens (tertiary/aromatic N) is 2. The lowest BCUT2D eigenvalue weighted by molar-refractivity contribution is 0.318. The molecule has 0 saturated heterocycles. The molecule has 0 aliphatic rings. The van der Waals surface area contributed by atoms with Crippen LogP contribution in [0.5, 0.6) is 0 Å². The molecule has 1 aromatic carbocycles. The van der Waals surface area contributed by atoms with Crippen molar-refractivity contribution >= 4 is 5.71 Å². The van der Waals surface area contributed by atoms with Gasteiger partial charge in [0, 0.05) is 23.9 Å². The predicted molar refractivity (Wildman–Crippen MR) is 90.8 cm³/mol. The lowest BCUT2D eigenvalue weighted by atomic mass is 9.86. The van der Waals surface area contributed by atoms with Crippen molar-refractivity contribution < 1.29 is 5.21 Å². The molecule has 0 radical (unpaired) electrons. The Labute approximate surface area is 132 Å². The molecular formula is C19H24N2O. The highest BCUT2D eigenvalue weighted by Crippen LogP contribution is 2.22. The van der Waals surface area contributed by atoms with Gasteiger partial charge in [-0.25, -0.2) is 0 Å². The summed E-state index contributed by atoms with van der Waals surface area (Å²) in [6.07, 6.45) is 3.27. The first kappa shape index (κ1) is 16.2. The van der Waals surface area contributed by atoms with E-state index in [1.165, 1.54) is 11.1 Å². The Hall–Kier alpha value is -2.16. The highest BCUT2D eigenvalue weighted by atomic mass is 16.4. The molecule has 0 fully saturated rings. The van der Waals surface area contributed by atoms with Gasteiger partial charge in [0.25, 0.3) is 0 Å². The van der Waals surface area contributed by atoms with Crippen LogP contribution in [0.2, 0.25) is 0 Å². The third-order valence-corrected chi connectivity index (χ3v) is 3.82. The molecule has 0 saturated carbocycles. The second kappa shape index (κ2) is 6.73. The normalized spacial score (nSPS) is 12.5. The van der Waals surface area contributed by atoms with E-state index in [0.717, 1.165) is 17.7 Å². The molecule has 1 aromatic heterocycles. The molecular weight excluding hydrogens is 272 g/mol. The topological polar surface area (TPSA) is 45.5 Å². The third-order valence-electron chi connectivity index (χ3n) is 3.82. The van der Waals surface area contributed by atoms with E-state index in [9.17, 15) is 0 Å². The average molecular weight is 296 g/mol. The highest BCUT2D eigenvalue weighted by molar-refractivity contribution is 5.99. The van der Waals surface area contributed by atoms with E-state index in [1.54, 1.807) is 6.20 Å². The Morgan fingerprint density at radius 3 is 2.23 bits per heavy atom. The van der Waals surface area contributed by atoms with E-state index in [-0.39, 0.29) is 5.41 Å². The van der Waals surface area contributed by atoms with Gasteiger partial charge in [0.15, 0.2) is 0 Å². The average Bonchev–Trinajstić information content (AvgIpc) is 2.50. The van der Waals surface area contributed by atoms with Crippen LogP contribution >= 0.6 is 0 Å². The van der Waals surface area contributed by atoms with E-state index in [0.29, 0.717) is 12.1 Å². The SMILES string of the molecule is CC/C(=N/O)c1ccc(Cc2ccc(C(C)(C)C)cc2)nc1. The Balaban J connectivity index is 2.11. The minimum atomic E-state index is 0.179. The molecule has 3 heteroatoms. The van der Waals surface area contributed by atoms with Gasteiger partial charge >= 0.3 is 0 Å². The molecule has 0 unspecified atom stereocenters. The number of hydrogen-bond donors (Lipinski definition) is 1. The zero-order valence-corrected chi connectivity index (χ0v) is 13.8. The van der Waals surface area contributed by atoms with Gasteiger partial charge in [0.2, 0.25) is 0 Å². The molecule has 116 valence electrons. The van der Waals surface area contributed by atoms with Crippen LogP contribution in [0.25, 0.3) is 0 Å².